The van der Waals surface area contributed by atoms with Crippen LogP contribution in [0.25, 0.3) is 11.0 Å². The Bertz CT molecular complexity index is 1080. The zero-order valence-electron chi connectivity index (χ0n) is 14.3. The number of nitrogens with one attached hydrogen (secondary N) is 1. The topological polar surface area (TPSA) is 163 Å². The van der Waals surface area contributed by atoms with E-state index in [1.165, 1.54) is 6.07 Å². The number of rotatable bonds is 8. The predicted octanol–water partition coefficient (Wildman–Crippen LogP) is 2.01. The lowest BCUT2D eigenvalue weighted by atomic mass is 10.2. The number of aromatic nitrogens is 3. The van der Waals surface area contributed by atoms with E-state index in [1.54, 1.807) is 36.7 Å². The Morgan fingerprint density at radius 3 is 2.68 bits per heavy atom. The van der Waals surface area contributed by atoms with E-state index in [1.807, 2.05) is 0 Å². The molecule has 0 radical (unpaired) electrons. The highest BCUT2D eigenvalue weighted by atomic mass is 32.2. The van der Waals surface area contributed by atoms with Crippen molar-refractivity contribution in [3.8, 4) is 5.75 Å². The Hall–Kier alpha value is -1.87. The third kappa shape index (κ3) is 5.81. The maximum Gasteiger partial charge on any atom is 0.335 e. The molecular weight excluding hydrogens is 428 g/mol. The second-order valence-corrected chi connectivity index (χ2v) is 11.8. The molecule has 2 unspecified atom stereocenters. The number of H-pyrrole nitrogens is 1. The number of pyridine rings is 1. The van der Waals surface area contributed by atoms with Crippen molar-refractivity contribution in [2.24, 2.45) is 0 Å². The molecule has 0 fully saturated rings. The molecule has 1 aromatic carbocycles. The van der Waals surface area contributed by atoms with E-state index in [4.69, 9.17) is 14.5 Å². The minimum Gasteiger partial charge on any atom is -0.483 e. The lowest BCUT2D eigenvalue weighted by Crippen LogP contribution is -2.03. The summed E-state index contributed by atoms with van der Waals surface area (Å²) in [6.07, 6.45) is 2.44. The van der Waals surface area contributed by atoms with Crippen molar-refractivity contribution >= 4 is 36.8 Å². The number of imidazole rings is 1. The summed E-state index contributed by atoms with van der Waals surface area (Å²) in [4.78, 5) is 38.5. The Labute approximate surface area is 162 Å². The molecule has 0 bridgehead atoms. The van der Waals surface area contributed by atoms with Crippen LogP contribution >= 0.6 is 15.0 Å². The van der Waals surface area contributed by atoms with E-state index in [0.29, 0.717) is 21.8 Å². The summed E-state index contributed by atoms with van der Waals surface area (Å²) >= 11 is 0. The number of benzene rings is 1. The quantitative estimate of drug-likeness (QED) is 0.380. The maximum absolute atomic E-state index is 12.6. The van der Waals surface area contributed by atoms with Crippen LogP contribution in [0.15, 0.2) is 47.9 Å². The van der Waals surface area contributed by atoms with Crippen LogP contribution in [-0.2, 0) is 25.7 Å². The molecule has 0 aliphatic rings. The highest BCUT2D eigenvalue weighted by Gasteiger charge is 2.30. The molecule has 2 heterocycles. The van der Waals surface area contributed by atoms with Crippen LogP contribution in [0.4, 0.5) is 0 Å². The molecule has 10 nitrogen and oxygen atoms in total. The minimum atomic E-state index is -4.63. The van der Waals surface area contributed by atoms with E-state index in [9.17, 15) is 18.2 Å². The van der Waals surface area contributed by atoms with Gasteiger partial charge in [0.2, 0.25) is 7.37 Å². The highest BCUT2D eigenvalue weighted by molar-refractivity contribution is 7.84. The second kappa shape index (κ2) is 8.24. The molecule has 3 aromatic rings. The second-order valence-electron chi connectivity index (χ2n) is 6.00. The molecule has 0 aliphatic carbocycles. The largest absolute Gasteiger partial charge is 0.483 e. The number of aromatic amines is 1. The van der Waals surface area contributed by atoms with E-state index in [2.05, 4.69) is 15.0 Å². The van der Waals surface area contributed by atoms with E-state index in [0.717, 1.165) is 0 Å². The van der Waals surface area contributed by atoms with Gasteiger partial charge in [-0.1, -0.05) is 12.1 Å². The van der Waals surface area contributed by atoms with Crippen LogP contribution in [0, 0.1) is 0 Å². The molecular formula is C15H17N3O7P2S. The molecule has 150 valence electrons. The fourth-order valence-corrected chi connectivity index (χ4v) is 6.41. The van der Waals surface area contributed by atoms with Crippen LogP contribution in [0.3, 0.4) is 0 Å². The first kappa shape index (κ1) is 20.9. The third-order valence-electron chi connectivity index (χ3n) is 3.51. The fourth-order valence-electron chi connectivity index (χ4n) is 2.39. The zero-order chi connectivity index (χ0) is 20.4. The van der Waals surface area contributed by atoms with Crippen molar-refractivity contribution in [2.45, 2.75) is 10.9 Å². The predicted molar refractivity (Wildman–Crippen MR) is 103 cm³/mol. The zero-order valence-corrected chi connectivity index (χ0v) is 16.9. The van der Waals surface area contributed by atoms with Gasteiger partial charge in [0.15, 0.2) is 11.5 Å². The molecule has 3 rings (SSSR count). The first-order chi connectivity index (χ1) is 13.1. The molecule has 0 amide bonds. The Morgan fingerprint density at radius 2 is 1.96 bits per heavy atom. The highest BCUT2D eigenvalue weighted by Crippen LogP contribution is 2.54. The summed E-state index contributed by atoms with van der Waals surface area (Å²) in [7, 11) is -10.3. The molecule has 4 N–H and O–H groups in total. The van der Waals surface area contributed by atoms with Crippen molar-refractivity contribution in [1.29, 1.82) is 0 Å². The number of hydrogen-bond donors (Lipinski definition) is 4. The van der Waals surface area contributed by atoms with Crippen molar-refractivity contribution in [2.75, 3.05) is 12.3 Å². The fraction of sp³-hybridized carbons (Fsp3) is 0.200. The van der Waals surface area contributed by atoms with Gasteiger partial charge in [-0.25, -0.2) is 4.98 Å². The molecule has 0 aliphatic heterocycles. The van der Waals surface area contributed by atoms with Gasteiger partial charge < -0.3 is 24.4 Å². The molecule has 0 saturated carbocycles. The van der Waals surface area contributed by atoms with Gasteiger partial charge in [-0.2, -0.15) is 0 Å². The number of hydrogen-bond acceptors (Lipinski definition) is 6. The first-order valence-electron chi connectivity index (χ1n) is 7.87. The van der Waals surface area contributed by atoms with Gasteiger partial charge in [0.25, 0.3) is 0 Å². The van der Waals surface area contributed by atoms with Gasteiger partial charge in [0.1, 0.15) is 11.7 Å². The molecule has 2 atom stereocenters. The van der Waals surface area contributed by atoms with Crippen molar-refractivity contribution in [3.63, 3.8) is 0 Å². The van der Waals surface area contributed by atoms with Gasteiger partial charge in [-0.15, -0.1) is 0 Å². The lowest BCUT2D eigenvalue weighted by molar-refractivity contribution is 0.345. The molecule has 28 heavy (non-hydrogen) atoms. The Balaban J connectivity index is 1.66. The van der Waals surface area contributed by atoms with Crippen LogP contribution in [-0.4, -0.2) is 46.1 Å². The lowest BCUT2D eigenvalue weighted by Gasteiger charge is -2.14. The summed E-state index contributed by atoms with van der Waals surface area (Å²) in [5.74, 6) is -0.794. The maximum atomic E-state index is 12.6. The smallest absolute Gasteiger partial charge is 0.335 e. The van der Waals surface area contributed by atoms with E-state index < -0.39 is 38.0 Å². The number of nitrogens with zero attached hydrogens (tertiary/aromatic N) is 2. The number of ether oxygens (including phenoxy) is 1. The third-order valence-corrected chi connectivity index (χ3v) is 8.51. The Morgan fingerprint density at radius 1 is 1.18 bits per heavy atom. The minimum absolute atomic E-state index is 0.129. The van der Waals surface area contributed by atoms with Crippen molar-refractivity contribution in [1.82, 2.24) is 15.0 Å². The molecule has 2 aromatic heterocycles. The van der Waals surface area contributed by atoms with Crippen LogP contribution < -0.4 is 4.74 Å². The van der Waals surface area contributed by atoms with Gasteiger partial charge >= 0.3 is 7.60 Å². The average molecular weight is 445 g/mol. The van der Waals surface area contributed by atoms with Crippen LogP contribution in [0.1, 0.15) is 5.56 Å². The van der Waals surface area contributed by atoms with E-state index >= 15 is 0 Å². The Kier molecular flexibility index (Phi) is 6.14. The van der Waals surface area contributed by atoms with Gasteiger partial charge in [-0.05, 0) is 23.8 Å². The van der Waals surface area contributed by atoms with Gasteiger partial charge in [0, 0.05) is 6.20 Å². The standard InChI is InChI=1S/C15H17N3O7P2S/c19-26(20,10-27(21,22)23)9-25-12-3-1-2-11(6-12)8-28(24)15-17-13-4-5-16-7-14(13)18-15/h1-7H,8-10H2,(H,17,18)(H,19,20)(H2,21,22,23). The van der Waals surface area contributed by atoms with Crippen molar-refractivity contribution in [3.05, 3.63) is 48.3 Å². The normalized spacial score (nSPS) is 15.2. The van der Waals surface area contributed by atoms with E-state index in [-0.39, 0.29) is 11.5 Å². The summed E-state index contributed by atoms with van der Waals surface area (Å²) in [6.45, 7) is 0. The van der Waals surface area contributed by atoms with Gasteiger partial charge in [-0.3, -0.25) is 18.3 Å². The monoisotopic (exact) mass is 445 g/mol. The SMILES string of the molecule is O=S(Cc1cccc(OCP(=O)(O)CP(=O)(O)O)c1)c1nc2ccncc2[nH]1. The van der Waals surface area contributed by atoms with Crippen LogP contribution in [0.2, 0.25) is 0 Å². The van der Waals surface area contributed by atoms with Gasteiger partial charge in [0.05, 0.1) is 33.8 Å². The average Bonchev–Trinajstić information content (AvgIpc) is 3.03. The summed E-state index contributed by atoms with van der Waals surface area (Å²) in [5.41, 5.74) is 1.96. The van der Waals surface area contributed by atoms with Crippen LogP contribution in [0.5, 0.6) is 5.75 Å². The molecule has 0 spiro atoms. The molecule has 0 saturated heterocycles. The summed E-state index contributed by atoms with van der Waals surface area (Å²) in [5, 5.41) is 0.302. The molecule has 13 heteroatoms. The number of fused-ring (bicyclic) bond motifs is 1. The summed E-state index contributed by atoms with van der Waals surface area (Å²) in [6, 6.07) is 8.10. The van der Waals surface area contributed by atoms with Crippen molar-refractivity contribution < 1.29 is 32.8 Å². The summed E-state index contributed by atoms with van der Waals surface area (Å²) < 4.78 is 40.5. The first-order valence-corrected chi connectivity index (χ1v) is 13.0.